The summed E-state index contributed by atoms with van der Waals surface area (Å²) >= 11 is 0. The molecule has 29 heavy (non-hydrogen) atoms. The molecule has 156 valence electrons. The minimum Gasteiger partial charge on any atom is -0.481 e. The first kappa shape index (κ1) is 20.9. The van der Waals surface area contributed by atoms with Gasteiger partial charge in [-0.15, -0.1) is 0 Å². The van der Waals surface area contributed by atoms with Crippen molar-refractivity contribution in [1.29, 1.82) is 0 Å². The molecule has 5 N–H and O–H groups in total. The summed E-state index contributed by atoms with van der Waals surface area (Å²) in [6, 6.07) is 4.09. The van der Waals surface area contributed by atoms with Crippen LogP contribution in [0.1, 0.15) is 43.7 Å². The predicted octanol–water partition coefficient (Wildman–Crippen LogP) is 2.63. The van der Waals surface area contributed by atoms with Crippen LogP contribution in [0.15, 0.2) is 47.7 Å². The van der Waals surface area contributed by atoms with E-state index in [9.17, 15) is 19.1 Å². The van der Waals surface area contributed by atoms with Crippen LogP contribution in [0, 0.1) is 5.82 Å². The third-order valence-electron chi connectivity index (χ3n) is 5.30. The van der Waals surface area contributed by atoms with Crippen LogP contribution in [-0.4, -0.2) is 41.3 Å². The number of amides is 2. The molecular weight excluding hydrogens is 375 g/mol. The molecule has 1 unspecified atom stereocenters. The topological polar surface area (TPSA) is 108 Å². The van der Waals surface area contributed by atoms with Crippen molar-refractivity contribution in [3.8, 4) is 0 Å². The summed E-state index contributed by atoms with van der Waals surface area (Å²) in [7, 11) is 0. The second-order valence-corrected chi connectivity index (χ2v) is 7.37. The summed E-state index contributed by atoms with van der Waals surface area (Å²) in [5.41, 5.74) is 8.36. The molecule has 1 fully saturated rings. The van der Waals surface area contributed by atoms with E-state index in [-0.39, 0.29) is 19.1 Å². The molecule has 2 amide bonds. The molecule has 8 heteroatoms. The quantitative estimate of drug-likeness (QED) is 0.535. The summed E-state index contributed by atoms with van der Waals surface area (Å²) in [6.45, 7) is 1.25. The molecule has 2 heterocycles. The normalized spacial score (nSPS) is 19.3. The Hall–Kier alpha value is -2.87. The van der Waals surface area contributed by atoms with Gasteiger partial charge < -0.3 is 21.1 Å². The number of piperidine rings is 1. The van der Waals surface area contributed by atoms with E-state index < -0.39 is 23.9 Å². The third kappa shape index (κ3) is 5.57. The Balaban J connectivity index is 1.66. The molecule has 3 rings (SSSR count). The van der Waals surface area contributed by atoms with Crippen LogP contribution in [0.3, 0.4) is 0 Å². The van der Waals surface area contributed by atoms with Crippen molar-refractivity contribution in [3.63, 3.8) is 0 Å². The van der Waals surface area contributed by atoms with E-state index in [2.05, 4.69) is 22.8 Å². The number of benzene rings is 1. The maximum absolute atomic E-state index is 13.7. The van der Waals surface area contributed by atoms with Crippen molar-refractivity contribution >= 4 is 12.0 Å². The van der Waals surface area contributed by atoms with Gasteiger partial charge in [0.05, 0.1) is 18.6 Å². The zero-order valence-corrected chi connectivity index (χ0v) is 16.2. The minimum atomic E-state index is -1.08. The number of rotatable bonds is 8. The number of carbonyl (C=O) groups is 2. The number of primary amides is 1. The van der Waals surface area contributed by atoms with Gasteiger partial charge in [-0.05, 0) is 61.6 Å². The highest BCUT2D eigenvalue weighted by molar-refractivity contribution is 5.74. The molecule has 2 aliphatic heterocycles. The molecule has 7 nitrogen and oxygen atoms in total. The van der Waals surface area contributed by atoms with Gasteiger partial charge in [-0.1, -0.05) is 18.2 Å². The SMILES string of the molecule is NC(=O)N(CCCC1=CC=C2CCCNC2N1)[C@@H](CC(=O)O)c1cccc(F)c1. The van der Waals surface area contributed by atoms with Gasteiger partial charge >= 0.3 is 12.0 Å². The van der Waals surface area contributed by atoms with Gasteiger partial charge in [-0.3, -0.25) is 10.1 Å². The van der Waals surface area contributed by atoms with Crippen molar-refractivity contribution in [1.82, 2.24) is 15.5 Å². The standard InChI is InChI=1S/C21H27FN4O3/c22-16-6-1-4-15(12-16)18(13-19(27)28)26(21(23)29)11-3-7-17-9-8-14-5-2-10-24-20(14)25-17/h1,4,6,8-9,12,18,20,24-25H,2-3,5,7,10-11,13H2,(H2,23,29)(H,27,28)/t18-,20?/m0/s1. The highest BCUT2D eigenvalue weighted by atomic mass is 19.1. The zero-order chi connectivity index (χ0) is 20.8. The lowest BCUT2D eigenvalue weighted by molar-refractivity contribution is -0.138. The number of carboxylic acids is 1. The largest absolute Gasteiger partial charge is 0.481 e. The van der Waals surface area contributed by atoms with E-state index in [0.717, 1.165) is 25.1 Å². The highest BCUT2D eigenvalue weighted by Crippen LogP contribution is 2.26. The van der Waals surface area contributed by atoms with E-state index in [1.165, 1.54) is 28.7 Å². The first-order valence-electron chi connectivity index (χ1n) is 9.87. The molecule has 2 aliphatic rings. The van der Waals surface area contributed by atoms with Gasteiger partial charge in [0.2, 0.25) is 0 Å². The minimum absolute atomic E-state index is 0.156. The number of halogens is 1. The molecule has 0 aliphatic carbocycles. The van der Waals surface area contributed by atoms with E-state index in [4.69, 9.17) is 5.73 Å². The molecule has 0 bridgehead atoms. The number of nitrogens with two attached hydrogens (primary N) is 1. The molecule has 2 atom stereocenters. The van der Waals surface area contributed by atoms with Gasteiger partial charge in [0.25, 0.3) is 0 Å². The molecule has 0 saturated carbocycles. The number of allylic oxidation sites excluding steroid dienone is 3. The maximum Gasteiger partial charge on any atom is 0.315 e. The smallest absolute Gasteiger partial charge is 0.315 e. The highest BCUT2D eigenvalue weighted by Gasteiger charge is 2.27. The monoisotopic (exact) mass is 402 g/mol. The number of carboxylic acid groups (broad SMARTS) is 1. The number of hydrogen-bond donors (Lipinski definition) is 4. The van der Waals surface area contributed by atoms with E-state index in [0.29, 0.717) is 18.4 Å². The average molecular weight is 402 g/mol. The van der Waals surface area contributed by atoms with Crippen LogP contribution in [-0.2, 0) is 4.79 Å². The van der Waals surface area contributed by atoms with Crippen molar-refractivity contribution in [2.75, 3.05) is 13.1 Å². The van der Waals surface area contributed by atoms with E-state index >= 15 is 0 Å². The molecule has 0 aromatic heterocycles. The Morgan fingerprint density at radius 1 is 1.34 bits per heavy atom. The number of hydrogen-bond acceptors (Lipinski definition) is 4. The summed E-state index contributed by atoms with van der Waals surface area (Å²) < 4.78 is 13.7. The summed E-state index contributed by atoms with van der Waals surface area (Å²) in [6.07, 6.45) is 7.50. The molecule has 0 spiro atoms. The zero-order valence-electron chi connectivity index (χ0n) is 16.2. The molecule has 1 saturated heterocycles. The maximum atomic E-state index is 13.7. The van der Waals surface area contributed by atoms with E-state index in [1.807, 2.05) is 0 Å². The fraction of sp³-hybridized carbons (Fsp3) is 0.429. The Bertz CT molecular complexity index is 824. The lowest BCUT2D eigenvalue weighted by Gasteiger charge is -2.33. The van der Waals surface area contributed by atoms with Gasteiger partial charge in [-0.25, -0.2) is 9.18 Å². The summed E-state index contributed by atoms with van der Waals surface area (Å²) in [4.78, 5) is 24.7. The summed E-state index contributed by atoms with van der Waals surface area (Å²) in [5.74, 6) is -1.57. The Kier molecular flexibility index (Phi) is 6.87. The van der Waals surface area contributed by atoms with Crippen LogP contribution in [0.4, 0.5) is 9.18 Å². The van der Waals surface area contributed by atoms with Crippen LogP contribution < -0.4 is 16.4 Å². The number of aliphatic carboxylic acids is 1. The third-order valence-corrected chi connectivity index (χ3v) is 5.30. The Morgan fingerprint density at radius 3 is 2.90 bits per heavy atom. The number of urea groups is 1. The average Bonchev–Trinajstić information content (AvgIpc) is 2.69. The number of nitrogens with zero attached hydrogens (tertiary/aromatic N) is 1. The molecule has 1 aromatic carbocycles. The second kappa shape index (κ2) is 9.56. The van der Waals surface area contributed by atoms with Crippen LogP contribution in [0.5, 0.6) is 0 Å². The Labute approximate surface area is 169 Å². The van der Waals surface area contributed by atoms with Crippen molar-refractivity contribution in [2.45, 2.75) is 44.3 Å². The predicted molar refractivity (Wildman–Crippen MR) is 107 cm³/mol. The molecule has 1 aromatic rings. The van der Waals surface area contributed by atoms with Crippen molar-refractivity contribution < 1.29 is 19.1 Å². The van der Waals surface area contributed by atoms with Crippen LogP contribution in [0.25, 0.3) is 0 Å². The lowest BCUT2D eigenvalue weighted by atomic mass is 9.98. The molecule has 0 radical (unpaired) electrons. The second-order valence-electron chi connectivity index (χ2n) is 7.37. The fourth-order valence-corrected chi connectivity index (χ4v) is 3.88. The van der Waals surface area contributed by atoms with Gasteiger partial charge in [0.15, 0.2) is 0 Å². The van der Waals surface area contributed by atoms with Crippen LogP contribution in [0.2, 0.25) is 0 Å². The number of fused-ring (bicyclic) bond motifs is 1. The lowest BCUT2D eigenvalue weighted by Crippen LogP contribution is -2.47. The first-order valence-corrected chi connectivity index (χ1v) is 9.87. The Morgan fingerprint density at radius 2 is 2.17 bits per heavy atom. The van der Waals surface area contributed by atoms with Crippen LogP contribution >= 0.6 is 0 Å². The van der Waals surface area contributed by atoms with Gasteiger partial charge in [0.1, 0.15) is 5.82 Å². The molecular formula is C21H27FN4O3. The van der Waals surface area contributed by atoms with Crippen molar-refractivity contribution in [3.05, 3.63) is 59.1 Å². The van der Waals surface area contributed by atoms with E-state index in [1.54, 1.807) is 6.07 Å². The number of dihydropyridines is 1. The first-order chi connectivity index (χ1) is 13.9. The fourth-order valence-electron chi connectivity index (χ4n) is 3.88. The summed E-state index contributed by atoms with van der Waals surface area (Å²) in [5, 5.41) is 16.2. The van der Waals surface area contributed by atoms with Crippen molar-refractivity contribution in [2.24, 2.45) is 5.73 Å². The van der Waals surface area contributed by atoms with Gasteiger partial charge in [0, 0.05) is 12.2 Å². The number of carbonyl (C=O) groups excluding carboxylic acids is 1. The number of nitrogens with one attached hydrogen (secondary N) is 2. The van der Waals surface area contributed by atoms with Gasteiger partial charge in [-0.2, -0.15) is 0 Å².